The Hall–Kier alpha value is -2.66. The van der Waals surface area contributed by atoms with E-state index in [4.69, 9.17) is 16.3 Å². The van der Waals surface area contributed by atoms with Crippen molar-refractivity contribution in [3.05, 3.63) is 64.7 Å². The number of amides is 1. The molecule has 0 radical (unpaired) electrons. The summed E-state index contributed by atoms with van der Waals surface area (Å²) in [5, 5.41) is 4.57. The summed E-state index contributed by atoms with van der Waals surface area (Å²) in [6, 6.07) is 13.4. The van der Waals surface area contributed by atoms with Crippen LogP contribution in [0.3, 0.4) is 0 Å². The summed E-state index contributed by atoms with van der Waals surface area (Å²) < 4.78 is 5.33. The fourth-order valence-corrected chi connectivity index (χ4v) is 3.38. The van der Waals surface area contributed by atoms with E-state index in [1.807, 2.05) is 0 Å². The van der Waals surface area contributed by atoms with Gasteiger partial charge in [0.25, 0.3) is 0 Å². The molecule has 2 aromatic rings. The quantitative estimate of drug-likeness (QED) is 0.323. The van der Waals surface area contributed by atoms with Gasteiger partial charge < -0.3 is 4.74 Å². The number of rotatable bonds is 6. The first-order chi connectivity index (χ1) is 13.6. The van der Waals surface area contributed by atoms with Crippen molar-refractivity contribution < 1.29 is 14.3 Å². The van der Waals surface area contributed by atoms with Crippen LogP contribution in [-0.2, 0) is 4.79 Å². The lowest BCUT2D eigenvalue weighted by molar-refractivity contribution is -0.122. The van der Waals surface area contributed by atoms with Crippen LogP contribution < -0.4 is 10.2 Å². The molecule has 0 bridgehead atoms. The third-order valence-electron chi connectivity index (χ3n) is 4.77. The maximum Gasteiger partial charge on any atom is 0.343 e. The Bertz CT molecular complexity index is 826. The van der Waals surface area contributed by atoms with Crippen LogP contribution in [0.15, 0.2) is 53.6 Å². The number of halogens is 1. The van der Waals surface area contributed by atoms with E-state index in [0.29, 0.717) is 28.7 Å². The molecule has 0 heterocycles. The lowest BCUT2D eigenvalue weighted by Crippen LogP contribution is -2.22. The van der Waals surface area contributed by atoms with Gasteiger partial charge in [-0.2, -0.15) is 5.10 Å². The lowest BCUT2D eigenvalue weighted by atomic mass is 9.87. The largest absolute Gasteiger partial charge is 0.423 e. The molecule has 5 nitrogen and oxygen atoms in total. The van der Waals surface area contributed by atoms with E-state index < -0.39 is 5.97 Å². The highest BCUT2D eigenvalue weighted by Crippen LogP contribution is 2.26. The van der Waals surface area contributed by atoms with Gasteiger partial charge in [0.15, 0.2) is 0 Å². The molecule has 0 aromatic heterocycles. The zero-order valence-corrected chi connectivity index (χ0v) is 16.3. The summed E-state index contributed by atoms with van der Waals surface area (Å²) in [6.45, 7) is 0. The van der Waals surface area contributed by atoms with Gasteiger partial charge in [0.1, 0.15) is 5.75 Å². The molecule has 1 aliphatic carbocycles. The van der Waals surface area contributed by atoms with Crippen LogP contribution in [0, 0.1) is 5.92 Å². The van der Waals surface area contributed by atoms with E-state index in [1.54, 1.807) is 54.7 Å². The van der Waals surface area contributed by atoms with Crippen LogP contribution in [0.5, 0.6) is 5.75 Å². The number of nitrogens with one attached hydrogen (secondary N) is 1. The smallest absolute Gasteiger partial charge is 0.343 e. The first-order valence-corrected chi connectivity index (χ1v) is 9.87. The minimum atomic E-state index is -0.451. The van der Waals surface area contributed by atoms with Gasteiger partial charge in [-0.3, -0.25) is 4.79 Å². The van der Waals surface area contributed by atoms with Crippen LogP contribution in [0.2, 0.25) is 5.02 Å². The zero-order chi connectivity index (χ0) is 19.8. The van der Waals surface area contributed by atoms with Gasteiger partial charge in [-0.25, -0.2) is 10.2 Å². The van der Waals surface area contributed by atoms with Crippen LogP contribution in [0.4, 0.5) is 0 Å². The molecule has 0 unspecified atom stereocenters. The van der Waals surface area contributed by atoms with Gasteiger partial charge in [-0.15, -0.1) is 0 Å². The van der Waals surface area contributed by atoms with E-state index >= 15 is 0 Å². The molecule has 2 aromatic carbocycles. The minimum absolute atomic E-state index is 0.0448. The van der Waals surface area contributed by atoms with Crippen LogP contribution in [-0.4, -0.2) is 18.1 Å². The molecule has 1 fully saturated rings. The molecule has 0 atom stereocenters. The number of nitrogens with zero attached hydrogens (tertiary/aromatic N) is 1. The second-order valence-electron chi connectivity index (χ2n) is 6.97. The summed E-state index contributed by atoms with van der Waals surface area (Å²) >= 11 is 5.81. The Morgan fingerprint density at radius 3 is 2.39 bits per heavy atom. The van der Waals surface area contributed by atoms with Crippen molar-refractivity contribution in [1.29, 1.82) is 0 Å². The van der Waals surface area contributed by atoms with Gasteiger partial charge in [-0.1, -0.05) is 30.9 Å². The van der Waals surface area contributed by atoms with Crippen molar-refractivity contribution in [1.82, 2.24) is 5.43 Å². The van der Waals surface area contributed by atoms with Crippen molar-refractivity contribution in [3.63, 3.8) is 0 Å². The maximum absolute atomic E-state index is 12.1. The number of ether oxygens (including phenoxy) is 1. The highest BCUT2D eigenvalue weighted by atomic mass is 35.5. The zero-order valence-electron chi connectivity index (χ0n) is 15.6. The van der Waals surface area contributed by atoms with Crippen LogP contribution >= 0.6 is 11.6 Å². The van der Waals surface area contributed by atoms with Crippen molar-refractivity contribution in [2.45, 2.75) is 38.5 Å². The average molecular weight is 399 g/mol. The summed E-state index contributed by atoms with van der Waals surface area (Å²) in [6.07, 6.45) is 8.09. The first-order valence-electron chi connectivity index (χ1n) is 9.50. The average Bonchev–Trinajstić information content (AvgIpc) is 2.70. The van der Waals surface area contributed by atoms with Gasteiger partial charge in [-0.05, 0) is 72.9 Å². The summed E-state index contributed by atoms with van der Waals surface area (Å²) in [5.41, 5.74) is 3.81. The van der Waals surface area contributed by atoms with Gasteiger partial charge in [0.05, 0.1) is 11.8 Å². The van der Waals surface area contributed by atoms with E-state index in [-0.39, 0.29) is 5.91 Å². The van der Waals surface area contributed by atoms with E-state index in [9.17, 15) is 9.59 Å². The molecule has 1 N–H and O–H groups in total. The van der Waals surface area contributed by atoms with Gasteiger partial charge in [0, 0.05) is 11.4 Å². The SMILES string of the molecule is O=C(CC1CCCCC1)NN=Cc1ccc(OC(=O)c2ccc(Cl)cc2)cc1. The Morgan fingerprint density at radius 2 is 1.71 bits per heavy atom. The second-order valence-corrected chi connectivity index (χ2v) is 7.40. The molecule has 1 saturated carbocycles. The monoisotopic (exact) mass is 398 g/mol. The molecule has 28 heavy (non-hydrogen) atoms. The molecule has 6 heteroatoms. The molecule has 0 saturated heterocycles. The lowest BCUT2D eigenvalue weighted by Gasteiger charge is -2.20. The molecular weight excluding hydrogens is 376 g/mol. The Kier molecular flexibility index (Phi) is 7.20. The van der Waals surface area contributed by atoms with E-state index in [2.05, 4.69) is 10.5 Å². The van der Waals surface area contributed by atoms with Crippen LogP contribution in [0.25, 0.3) is 0 Å². The molecule has 1 amide bonds. The molecular formula is C22H23ClN2O3. The number of esters is 1. The van der Waals surface area contributed by atoms with Crippen molar-refractivity contribution in [2.75, 3.05) is 0 Å². The maximum atomic E-state index is 12.1. The van der Waals surface area contributed by atoms with Crippen LogP contribution in [0.1, 0.15) is 54.4 Å². The summed E-state index contributed by atoms with van der Waals surface area (Å²) in [7, 11) is 0. The highest BCUT2D eigenvalue weighted by Gasteiger charge is 2.16. The van der Waals surface area contributed by atoms with Gasteiger partial charge in [0.2, 0.25) is 5.91 Å². The minimum Gasteiger partial charge on any atom is -0.423 e. The number of carbonyl (C=O) groups excluding carboxylic acids is 2. The van der Waals surface area contributed by atoms with Crippen molar-refractivity contribution in [3.8, 4) is 5.75 Å². The van der Waals surface area contributed by atoms with E-state index in [1.165, 1.54) is 19.3 Å². The molecule has 3 rings (SSSR count). The summed E-state index contributed by atoms with van der Waals surface area (Å²) in [4.78, 5) is 24.0. The highest BCUT2D eigenvalue weighted by molar-refractivity contribution is 6.30. The fourth-order valence-electron chi connectivity index (χ4n) is 3.25. The fraction of sp³-hybridized carbons (Fsp3) is 0.318. The Morgan fingerprint density at radius 1 is 1.04 bits per heavy atom. The standard InChI is InChI=1S/C22H23ClN2O3/c23-19-10-8-18(9-11-19)22(27)28-20-12-6-17(7-13-20)15-24-25-21(26)14-16-4-2-1-3-5-16/h6-13,15-16H,1-5,14H2,(H,25,26). The molecule has 1 aliphatic rings. The number of hydrazone groups is 1. The molecule has 0 aliphatic heterocycles. The normalized spacial score (nSPS) is 14.8. The van der Waals surface area contributed by atoms with E-state index in [0.717, 1.165) is 18.4 Å². The Balaban J connectivity index is 1.47. The third kappa shape index (κ3) is 6.20. The topological polar surface area (TPSA) is 67.8 Å². The number of carbonyl (C=O) groups is 2. The first kappa shape index (κ1) is 20.1. The predicted molar refractivity (Wildman–Crippen MR) is 110 cm³/mol. The third-order valence-corrected chi connectivity index (χ3v) is 5.02. The predicted octanol–water partition coefficient (Wildman–Crippen LogP) is 4.98. The number of hydrogen-bond acceptors (Lipinski definition) is 4. The Labute approximate surface area is 169 Å². The second kappa shape index (κ2) is 10.0. The molecule has 146 valence electrons. The number of benzene rings is 2. The molecule has 0 spiro atoms. The summed E-state index contributed by atoms with van der Waals surface area (Å²) in [5.74, 6) is 0.418. The van der Waals surface area contributed by atoms with Gasteiger partial charge >= 0.3 is 5.97 Å². The van der Waals surface area contributed by atoms with Crippen molar-refractivity contribution >= 4 is 29.7 Å². The van der Waals surface area contributed by atoms with Crippen molar-refractivity contribution in [2.24, 2.45) is 11.0 Å². The number of hydrogen-bond donors (Lipinski definition) is 1.